The average molecular weight is 616 g/mol. The predicted octanol–water partition coefficient (Wildman–Crippen LogP) is 1.87. The summed E-state index contributed by atoms with van der Waals surface area (Å²) in [5, 5.41) is 24.0. The van der Waals surface area contributed by atoms with Gasteiger partial charge >= 0.3 is 6.09 Å². The molecule has 2 unspecified atom stereocenters. The van der Waals surface area contributed by atoms with Gasteiger partial charge in [-0.3, -0.25) is 14.2 Å². The highest BCUT2D eigenvalue weighted by atomic mass is 16.6. The Morgan fingerprint density at radius 1 is 1.09 bits per heavy atom. The maximum Gasteiger partial charge on any atom is 0.409 e. The van der Waals surface area contributed by atoms with Gasteiger partial charge in [0.2, 0.25) is 0 Å². The van der Waals surface area contributed by atoms with Crippen LogP contribution < -0.4 is 11.1 Å². The number of ether oxygens (including phenoxy) is 2. The Labute approximate surface area is 256 Å². The summed E-state index contributed by atoms with van der Waals surface area (Å²) in [6, 6.07) is 0.0954. The number of nitrogens with one attached hydrogen (secondary N) is 1. The van der Waals surface area contributed by atoms with E-state index in [-0.39, 0.29) is 29.7 Å². The normalized spacial score (nSPS) is 27.3. The summed E-state index contributed by atoms with van der Waals surface area (Å²) in [5.74, 6) is 1.17. The molecular formula is C30H45N7O7. The fraction of sp³-hybridized carbons (Fsp3) is 0.733. The van der Waals surface area contributed by atoms with Gasteiger partial charge < -0.3 is 35.6 Å². The lowest BCUT2D eigenvalue weighted by molar-refractivity contribution is -0.137. The molecule has 2 aliphatic heterocycles. The van der Waals surface area contributed by atoms with Crippen LogP contribution in [0.4, 0.5) is 10.6 Å². The molecule has 4 heterocycles. The Bertz CT molecular complexity index is 1320. The molecular weight excluding hydrogens is 570 g/mol. The largest absolute Gasteiger partial charge is 0.449 e. The Hall–Kier alpha value is -3.36. The molecule has 4 fully saturated rings. The molecule has 14 nitrogen and oxygen atoms in total. The average Bonchev–Trinajstić information content (AvgIpc) is 3.44. The zero-order chi connectivity index (χ0) is 31.4. The summed E-state index contributed by atoms with van der Waals surface area (Å²) in [7, 11) is 0. The first-order chi connectivity index (χ1) is 21.3. The van der Waals surface area contributed by atoms with Crippen LogP contribution in [0.2, 0.25) is 0 Å². The first-order valence-corrected chi connectivity index (χ1v) is 16.0. The summed E-state index contributed by atoms with van der Waals surface area (Å²) < 4.78 is 12.8. The summed E-state index contributed by atoms with van der Waals surface area (Å²) >= 11 is 0. The van der Waals surface area contributed by atoms with Gasteiger partial charge in [-0.15, -0.1) is 0 Å². The molecule has 0 spiro atoms. The van der Waals surface area contributed by atoms with E-state index in [9.17, 15) is 24.6 Å². The third-order valence-corrected chi connectivity index (χ3v) is 8.87. The molecule has 14 heteroatoms. The second-order valence-electron chi connectivity index (χ2n) is 12.1. The van der Waals surface area contributed by atoms with Crippen LogP contribution in [0, 0.1) is 11.8 Å². The SMILES string of the molecule is CC.Nc1nc(CCCC2CCN(C(=O)OCC3CCC(=O)C3)CC2)nc2c1ncn2[C@@H]1O[C@H](C(=O)NC2CC2)[C@H](O)C1O. The van der Waals surface area contributed by atoms with E-state index in [4.69, 9.17) is 15.2 Å². The van der Waals surface area contributed by atoms with Crippen LogP contribution >= 0.6 is 0 Å². The fourth-order valence-electron chi connectivity index (χ4n) is 6.17. The number of aliphatic hydroxyl groups is 2. The number of aryl methyl sites for hydroxylation is 1. The first kappa shape index (κ1) is 32.0. The summed E-state index contributed by atoms with van der Waals surface area (Å²) in [5.41, 5.74) is 6.91. The van der Waals surface area contributed by atoms with Crippen molar-refractivity contribution < 1.29 is 34.1 Å². The number of nitrogens with zero attached hydrogens (tertiary/aromatic N) is 5. The highest BCUT2D eigenvalue weighted by molar-refractivity contribution is 5.83. The number of fused-ring (bicyclic) bond motifs is 1. The molecule has 6 rings (SSSR count). The number of likely N-dealkylation sites (tertiary alicyclic amines) is 1. The van der Waals surface area contributed by atoms with E-state index in [1.54, 1.807) is 4.90 Å². The van der Waals surface area contributed by atoms with Gasteiger partial charge in [0, 0.05) is 44.3 Å². The molecule has 0 bridgehead atoms. The van der Waals surface area contributed by atoms with Crippen LogP contribution in [-0.2, 0) is 25.5 Å². The number of anilines is 1. The maximum atomic E-state index is 12.5. The number of hydrogen-bond acceptors (Lipinski definition) is 11. The van der Waals surface area contributed by atoms with Crippen molar-refractivity contribution in [2.45, 2.75) is 109 Å². The van der Waals surface area contributed by atoms with Crippen molar-refractivity contribution >= 4 is 34.8 Å². The monoisotopic (exact) mass is 615 g/mol. The summed E-state index contributed by atoms with van der Waals surface area (Å²) in [4.78, 5) is 51.5. The molecule has 242 valence electrons. The molecule has 44 heavy (non-hydrogen) atoms. The van der Waals surface area contributed by atoms with Crippen molar-refractivity contribution in [3.05, 3.63) is 12.2 Å². The molecule has 5 atom stereocenters. The summed E-state index contributed by atoms with van der Waals surface area (Å²) in [6.07, 6.45) is 3.95. The van der Waals surface area contributed by atoms with Crippen molar-refractivity contribution in [1.82, 2.24) is 29.7 Å². The van der Waals surface area contributed by atoms with Crippen molar-refractivity contribution in [2.24, 2.45) is 11.8 Å². The summed E-state index contributed by atoms with van der Waals surface area (Å²) in [6.45, 7) is 5.62. The molecule has 0 aromatic carbocycles. The quantitative estimate of drug-likeness (QED) is 0.322. The number of nitrogens with two attached hydrogens (primary N) is 1. The molecule has 2 aromatic rings. The van der Waals surface area contributed by atoms with Crippen LogP contribution in [0.1, 0.15) is 83.7 Å². The van der Waals surface area contributed by atoms with E-state index < -0.39 is 30.4 Å². The van der Waals surface area contributed by atoms with Gasteiger partial charge in [-0.1, -0.05) is 13.8 Å². The van der Waals surface area contributed by atoms with Crippen LogP contribution in [0.3, 0.4) is 0 Å². The molecule has 2 saturated carbocycles. The molecule has 0 radical (unpaired) electrons. The number of nitrogen functional groups attached to an aromatic ring is 1. The lowest BCUT2D eigenvalue weighted by Crippen LogP contribution is -2.43. The van der Waals surface area contributed by atoms with Gasteiger partial charge in [0.25, 0.3) is 5.91 Å². The van der Waals surface area contributed by atoms with E-state index in [1.807, 2.05) is 13.8 Å². The van der Waals surface area contributed by atoms with Crippen molar-refractivity contribution in [3.63, 3.8) is 0 Å². The molecule has 2 amide bonds. The molecule has 2 saturated heterocycles. The van der Waals surface area contributed by atoms with Gasteiger partial charge in [0.1, 0.15) is 29.3 Å². The van der Waals surface area contributed by atoms with E-state index in [0.29, 0.717) is 61.9 Å². The molecule has 2 aliphatic carbocycles. The Balaban J connectivity index is 0.00000188. The minimum atomic E-state index is -1.39. The van der Waals surface area contributed by atoms with Gasteiger partial charge in [-0.05, 0) is 50.9 Å². The molecule has 2 aromatic heterocycles. The fourth-order valence-corrected chi connectivity index (χ4v) is 6.17. The van der Waals surface area contributed by atoms with E-state index in [1.165, 1.54) is 10.9 Å². The van der Waals surface area contributed by atoms with E-state index in [0.717, 1.165) is 44.9 Å². The van der Waals surface area contributed by atoms with Gasteiger partial charge in [-0.25, -0.2) is 19.7 Å². The third kappa shape index (κ3) is 7.29. The number of hydrogen-bond donors (Lipinski definition) is 4. The zero-order valence-corrected chi connectivity index (χ0v) is 25.6. The first-order valence-electron chi connectivity index (χ1n) is 16.0. The molecule has 5 N–H and O–H groups in total. The number of rotatable bonds is 9. The third-order valence-electron chi connectivity index (χ3n) is 8.87. The number of piperidine rings is 1. The minimum Gasteiger partial charge on any atom is -0.449 e. The number of ketones is 1. The van der Waals surface area contributed by atoms with Gasteiger partial charge in [0.15, 0.2) is 23.8 Å². The number of imidazole rings is 1. The van der Waals surface area contributed by atoms with Gasteiger partial charge in [-0.2, -0.15) is 0 Å². The smallest absolute Gasteiger partial charge is 0.409 e. The Kier molecular flexibility index (Phi) is 10.3. The number of amides is 2. The molecule has 4 aliphatic rings. The maximum absolute atomic E-state index is 12.5. The number of aliphatic hydroxyl groups excluding tert-OH is 2. The van der Waals surface area contributed by atoms with Crippen LogP contribution in [0.25, 0.3) is 11.2 Å². The highest BCUT2D eigenvalue weighted by Crippen LogP contribution is 2.33. The number of carbonyl (C=O) groups is 3. The second-order valence-corrected chi connectivity index (χ2v) is 12.1. The standard InChI is InChI=1S/C28H39N7O7.C2H6/c29-24-20-25(35(14-30-20)27-22(38)21(37)23(42-27)26(39)31-17-5-6-17)33-19(32-24)3-1-2-15-8-10-34(11-9-15)28(40)41-13-16-4-7-18(36)12-16;1-2/h14-17,21-23,27,37-38H,1-13H2,(H,31,39)(H2,29,32,33);1-2H3/t16?,21-,22?,23+,27-;/m1./s1. The Morgan fingerprint density at radius 3 is 2.52 bits per heavy atom. The number of Topliss-reactive ketones (excluding diaryl/α,β-unsaturated/α-hetero) is 1. The van der Waals surface area contributed by atoms with Crippen molar-refractivity contribution in [2.75, 3.05) is 25.4 Å². The Morgan fingerprint density at radius 2 is 1.84 bits per heavy atom. The zero-order valence-electron chi connectivity index (χ0n) is 25.6. The minimum absolute atomic E-state index is 0.0954. The number of carbonyl (C=O) groups excluding carboxylic acids is 3. The second kappa shape index (κ2) is 14.2. The highest BCUT2D eigenvalue weighted by Gasteiger charge is 2.48. The topological polar surface area (TPSA) is 195 Å². The van der Waals surface area contributed by atoms with E-state index >= 15 is 0 Å². The number of aromatic nitrogens is 4. The lowest BCUT2D eigenvalue weighted by atomic mass is 9.91. The van der Waals surface area contributed by atoms with E-state index in [2.05, 4.69) is 20.3 Å². The predicted molar refractivity (Wildman–Crippen MR) is 159 cm³/mol. The van der Waals surface area contributed by atoms with Crippen molar-refractivity contribution in [3.8, 4) is 0 Å². The van der Waals surface area contributed by atoms with Crippen LogP contribution in [0.15, 0.2) is 6.33 Å². The van der Waals surface area contributed by atoms with Crippen LogP contribution in [0.5, 0.6) is 0 Å². The van der Waals surface area contributed by atoms with Crippen LogP contribution in [-0.4, -0.2) is 96.5 Å². The van der Waals surface area contributed by atoms with Crippen molar-refractivity contribution in [1.29, 1.82) is 0 Å². The lowest BCUT2D eigenvalue weighted by Gasteiger charge is -2.31. The van der Waals surface area contributed by atoms with Gasteiger partial charge in [0.05, 0.1) is 12.9 Å².